The van der Waals surface area contributed by atoms with Crippen LogP contribution in [0.25, 0.3) is 0 Å². The molecule has 0 bridgehead atoms. The summed E-state index contributed by atoms with van der Waals surface area (Å²) in [7, 11) is 3.52. The summed E-state index contributed by atoms with van der Waals surface area (Å²) in [5.41, 5.74) is -0.526. The molecule has 0 unspecified atom stereocenters. The molecule has 2 aliphatic rings. The van der Waals surface area contributed by atoms with Gasteiger partial charge in [0.2, 0.25) is 0 Å². The number of methoxy groups -OCH3 is 1. The predicted molar refractivity (Wildman–Crippen MR) is 143 cm³/mol. The van der Waals surface area contributed by atoms with E-state index in [0.29, 0.717) is 69.0 Å². The number of benzene rings is 1. The number of alkyl halides is 1. The van der Waals surface area contributed by atoms with Crippen LogP contribution in [0.1, 0.15) is 75.3 Å². The van der Waals surface area contributed by atoms with Gasteiger partial charge in [0.15, 0.2) is 0 Å². The maximum Gasteiger partial charge on any atom is 0.317 e. The number of nitrogens with zero attached hydrogens (tertiary/aromatic N) is 1. The zero-order valence-electron chi connectivity index (χ0n) is 22.9. The van der Waals surface area contributed by atoms with Gasteiger partial charge in [-0.15, -0.1) is 0 Å². The van der Waals surface area contributed by atoms with Gasteiger partial charge in [-0.3, -0.25) is 0 Å². The van der Waals surface area contributed by atoms with Crippen molar-refractivity contribution < 1.29 is 23.4 Å². The summed E-state index contributed by atoms with van der Waals surface area (Å²) in [6.07, 6.45) is 6.45. The Kier molecular flexibility index (Phi) is 11.6. The highest BCUT2D eigenvalue weighted by Crippen LogP contribution is 2.41. The van der Waals surface area contributed by atoms with Gasteiger partial charge in [0, 0.05) is 50.9 Å². The summed E-state index contributed by atoms with van der Waals surface area (Å²) in [5.74, 6) is -0.218. The first-order valence-corrected chi connectivity index (χ1v) is 14.1. The van der Waals surface area contributed by atoms with Gasteiger partial charge in [-0.1, -0.05) is 18.2 Å². The third-order valence-electron chi connectivity index (χ3n) is 8.37. The topological polar surface area (TPSA) is 73.8 Å². The molecule has 0 aromatic heterocycles. The molecule has 3 N–H and O–H groups in total. The van der Waals surface area contributed by atoms with Crippen LogP contribution in [0.2, 0.25) is 0 Å². The molecule has 2 fully saturated rings. The number of aryl methyl sites for hydroxylation is 1. The van der Waals surface area contributed by atoms with E-state index >= 15 is 4.39 Å². The van der Waals surface area contributed by atoms with Crippen LogP contribution in [0.4, 0.5) is 13.6 Å². The lowest BCUT2D eigenvalue weighted by Gasteiger charge is -2.43. The van der Waals surface area contributed by atoms with E-state index in [1.165, 1.54) is 0 Å². The second-order valence-electron chi connectivity index (χ2n) is 11.2. The number of ether oxygens (including phenoxy) is 1. The highest BCUT2D eigenvalue weighted by molar-refractivity contribution is 5.74. The van der Waals surface area contributed by atoms with E-state index in [2.05, 4.69) is 10.6 Å². The maximum absolute atomic E-state index is 15.3. The predicted octanol–water partition coefficient (Wildman–Crippen LogP) is 5.07. The molecule has 210 valence electrons. The number of urea groups is 1. The summed E-state index contributed by atoms with van der Waals surface area (Å²) in [4.78, 5) is 15.1. The molecule has 3 rings (SSSR count). The van der Waals surface area contributed by atoms with Crippen LogP contribution in [0, 0.1) is 24.6 Å². The molecule has 1 aliphatic carbocycles. The number of carbonyl (C=O) groups is 1. The van der Waals surface area contributed by atoms with Crippen LogP contribution in [0.5, 0.6) is 0 Å². The van der Waals surface area contributed by atoms with Crippen LogP contribution in [0.15, 0.2) is 18.2 Å². The van der Waals surface area contributed by atoms with Crippen LogP contribution in [-0.4, -0.2) is 68.6 Å². The van der Waals surface area contributed by atoms with Gasteiger partial charge in [-0.25, -0.2) is 13.6 Å². The Morgan fingerprint density at radius 3 is 2.70 bits per heavy atom. The number of nitrogens with one attached hydrogen (secondary N) is 2. The molecule has 6 nitrogen and oxygen atoms in total. The average Bonchev–Trinajstić information content (AvgIpc) is 2.89. The SMILES string of the molecule is CNC[C@H](CC1CCC(F)CC1)NC(=O)N1CCC[C@@H]([C@@](O)(CCCCOC)c2cccc(C)c2F)C1. The second kappa shape index (κ2) is 14.4. The van der Waals surface area contributed by atoms with E-state index in [1.54, 1.807) is 37.1 Å². The first-order chi connectivity index (χ1) is 17.8. The van der Waals surface area contributed by atoms with E-state index in [0.717, 1.165) is 38.5 Å². The number of piperidine rings is 1. The smallest absolute Gasteiger partial charge is 0.317 e. The Morgan fingerprint density at radius 1 is 1.24 bits per heavy atom. The number of aliphatic hydroxyl groups is 1. The van der Waals surface area contributed by atoms with Crippen LogP contribution in [-0.2, 0) is 10.3 Å². The Morgan fingerprint density at radius 2 is 2.00 bits per heavy atom. The number of likely N-dealkylation sites (N-methyl/N-ethyl adjacent to an activating group) is 1. The fourth-order valence-corrected chi connectivity index (χ4v) is 6.20. The minimum Gasteiger partial charge on any atom is -0.385 e. The normalized spacial score (nSPS) is 24.9. The lowest BCUT2D eigenvalue weighted by Crippen LogP contribution is -2.54. The fraction of sp³-hybridized carbons (Fsp3) is 0.759. The van der Waals surface area contributed by atoms with E-state index in [-0.39, 0.29) is 23.8 Å². The van der Waals surface area contributed by atoms with E-state index in [1.807, 2.05) is 7.05 Å². The lowest BCUT2D eigenvalue weighted by molar-refractivity contribution is -0.0588. The molecular weight excluding hydrogens is 476 g/mol. The molecule has 1 aliphatic heterocycles. The van der Waals surface area contributed by atoms with E-state index < -0.39 is 11.8 Å². The van der Waals surface area contributed by atoms with Crippen molar-refractivity contribution >= 4 is 6.03 Å². The number of halogens is 2. The van der Waals surface area contributed by atoms with E-state index in [4.69, 9.17) is 4.74 Å². The Balaban J connectivity index is 1.70. The van der Waals surface area contributed by atoms with Crippen molar-refractivity contribution in [3.63, 3.8) is 0 Å². The number of rotatable bonds is 12. The van der Waals surface area contributed by atoms with Crippen molar-refractivity contribution in [2.45, 2.75) is 88.9 Å². The van der Waals surface area contributed by atoms with Crippen molar-refractivity contribution in [1.82, 2.24) is 15.5 Å². The molecule has 8 heteroatoms. The molecule has 2 amide bonds. The highest BCUT2D eigenvalue weighted by Gasteiger charge is 2.43. The number of hydrogen-bond acceptors (Lipinski definition) is 4. The Bertz CT molecular complexity index is 850. The summed E-state index contributed by atoms with van der Waals surface area (Å²) >= 11 is 0. The summed E-state index contributed by atoms with van der Waals surface area (Å²) in [6.45, 7) is 3.94. The van der Waals surface area contributed by atoms with Gasteiger partial charge in [0.1, 0.15) is 12.0 Å². The standard InChI is InChI=1S/C29H47F2N3O3/c1-21-8-6-10-26(27(21)31)29(36,15-4-5-17-37-3)23-9-7-16-34(20-23)28(35)33-25(19-32-2)18-22-11-13-24(30)14-12-22/h6,8,10,22-25,32,36H,4-5,7,9,11-20H2,1-3H3,(H,33,35)/t22?,23-,24?,25+,29+/m1/s1. The van der Waals surface area contributed by atoms with Gasteiger partial charge in [0.25, 0.3) is 0 Å². The first-order valence-electron chi connectivity index (χ1n) is 14.1. The molecule has 37 heavy (non-hydrogen) atoms. The van der Waals surface area contributed by atoms with Gasteiger partial charge in [0.05, 0.1) is 5.60 Å². The molecule has 1 aromatic carbocycles. The van der Waals surface area contributed by atoms with Crippen molar-refractivity contribution in [2.75, 3.05) is 40.4 Å². The third kappa shape index (κ3) is 8.11. The second-order valence-corrected chi connectivity index (χ2v) is 11.2. The maximum atomic E-state index is 15.3. The monoisotopic (exact) mass is 523 g/mol. The van der Waals surface area contributed by atoms with Crippen molar-refractivity contribution in [1.29, 1.82) is 0 Å². The lowest BCUT2D eigenvalue weighted by atomic mass is 9.73. The molecule has 1 saturated heterocycles. The quantitative estimate of drug-likeness (QED) is 0.335. The van der Waals surface area contributed by atoms with E-state index in [9.17, 15) is 14.3 Å². The third-order valence-corrected chi connectivity index (χ3v) is 8.37. The van der Waals surface area contributed by atoms with Crippen LogP contribution >= 0.6 is 0 Å². The molecule has 0 radical (unpaired) electrons. The van der Waals surface area contributed by atoms with Crippen molar-refractivity contribution in [2.24, 2.45) is 11.8 Å². The van der Waals surface area contributed by atoms with Crippen LogP contribution < -0.4 is 10.6 Å². The van der Waals surface area contributed by atoms with Gasteiger partial charge in [-0.2, -0.15) is 0 Å². The zero-order valence-corrected chi connectivity index (χ0v) is 22.9. The van der Waals surface area contributed by atoms with Gasteiger partial charge in [-0.05, 0) is 89.7 Å². The first kappa shape index (κ1) is 29.8. The number of unbranched alkanes of at least 4 members (excludes halogenated alkanes) is 1. The largest absolute Gasteiger partial charge is 0.385 e. The Labute approximate surface area is 221 Å². The van der Waals surface area contributed by atoms with Gasteiger partial charge >= 0.3 is 6.03 Å². The fourth-order valence-electron chi connectivity index (χ4n) is 6.20. The molecule has 3 atom stereocenters. The van der Waals surface area contributed by atoms with Crippen molar-refractivity contribution in [3.05, 3.63) is 35.1 Å². The molecule has 0 spiro atoms. The highest BCUT2D eigenvalue weighted by atomic mass is 19.1. The minimum absolute atomic E-state index is 0.0406. The average molecular weight is 524 g/mol. The van der Waals surface area contributed by atoms with Gasteiger partial charge < -0.3 is 25.4 Å². The summed E-state index contributed by atoms with van der Waals surface area (Å²) < 4.78 is 34.0. The minimum atomic E-state index is -1.36. The summed E-state index contributed by atoms with van der Waals surface area (Å²) in [6, 6.07) is 5.01. The number of hydrogen-bond donors (Lipinski definition) is 3. The van der Waals surface area contributed by atoms with Crippen molar-refractivity contribution in [3.8, 4) is 0 Å². The summed E-state index contributed by atoms with van der Waals surface area (Å²) in [5, 5.41) is 18.4. The molecular formula is C29H47F2N3O3. The molecule has 1 aromatic rings. The number of amides is 2. The Hall–Kier alpha value is -1.77. The zero-order chi connectivity index (χ0) is 26.8. The molecule has 1 heterocycles. The molecule has 1 saturated carbocycles. The number of likely N-dealkylation sites (tertiary alicyclic amines) is 1. The number of carbonyl (C=O) groups excluding carboxylic acids is 1. The van der Waals surface area contributed by atoms with Crippen LogP contribution in [0.3, 0.4) is 0 Å².